The first-order valence-corrected chi connectivity index (χ1v) is 6.97. The SMILES string of the molecule is Cc1cc(C(=O)N(CCCl)CCCl)sc1C. The zero-order chi connectivity index (χ0) is 12.1. The van der Waals surface area contributed by atoms with Crippen molar-refractivity contribution >= 4 is 40.4 Å². The monoisotopic (exact) mass is 279 g/mol. The zero-order valence-electron chi connectivity index (χ0n) is 9.43. The molecule has 0 N–H and O–H groups in total. The van der Waals surface area contributed by atoms with Crippen molar-refractivity contribution in [3.05, 3.63) is 21.4 Å². The molecule has 0 fully saturated rings. The van der Waals surface area contributed by atoms with E-state index in [1.54, 1.807) is 4.90 Å². The first-order chi connectivity index (χ1) is 7.60. The molecule has 0 unspecified atom stereocenters. The Morgan fingerprint density at radius 3 is 2.25 bits per heavy atom. The van der Waals surface area contributed by atoms with Crippen LogP contribution in [0.3, 0.4) is 0 Å². The number of hydrogen-bond acceptors (Lipinski definition) is 2. The Morgan fingerprint density at radius 2 is 1.88 bits per heavy atom. The van der Waals surface area contributed by atoms with E-state index in [0.29, 0.717) is 24.8 Å². The molecule has 0 saturated carbocycles. The minimum atomic E-state index is 0.0301. The van der Waals surface area contributed by atoms with Crippen LogP contribution in [0.25, 0.3) is 0 Å². The van der Waals surface area contributed by atoms with E-state index in [4.69, 9.17) is 23.2 Å². The summed E-state index contributed by atoms with van der Waals surface area (Å²) in [6.45, 7) is 5.12. The second-order valence-corrected chi connectivity index (χ2v) is 5.53. The smallest absolute Gasteiger partial charge is 0.264 e. The van der Waals surface area contributed by atoms with Gasteiger partial charge in [0.15, 0.2) is 0 Å². The fourth-order valence-electron chi connectivity index (χ4n) is 1.35. The van der Waals surface area contributed by atoms with E-state index < -0.39 is 0 Å². The van der Waals surface area contributed by atoms with Gasteiger partial charge in [-0.3, -0.25) is 4.79 Å². The lowest BCUT2D eigenvalue weighted by atomic mass is 10.2. The Morgan fingerprint density at radius 1 is 1.31 bits per heavy atom. The number of halogens is 2. The lowest BCUT2D eigenvalue weighted by Gasteiger charge is -2.19. The molecular weight excluding hydrogens is 265 g/mol. The quantitative estimate of drug-likeness (QED) is 0.758. The van der Waals surface area contributed by atoms with Crippen molar-refractivity contribution in [2.24, 2.45) is 0 Å². The van der Waals surface area contributed by atoms with Gasteiger partial charge in [0, 0.05) is 29.7 Å². The third-order valence-corrected chi connectivity index (χ3v) is 3.85. The van der Waals surface area contributed by atoms with Gasteiger partial charge in [-0.15, -0.1) is 34.5 Å². The maximum atomic E-state index is 12.1. The molecular formula is C11H15Cl2NOS. The number of rotatable bonds is 5. The largest absolute Gasteiger partial charge is 0.336 e. The van der Waals surface area contributed by atoms with Crippen molar-refractivity contribution < 1.29 is 4.79 Å². The van der Waals surface area contributed by atoms with Crippen LogP contribution in [0.15, 0.2) is 6.07 Å². The van der Waals surface area contributed by atoms with E-state index >= 15 is 0 Å². The summed E-state index contributed by atoms with van der Waals surface area (Å²) >= 11 is 12.9. The van der Waals surface area contributed by atoms with Gasteiger partial charge in [-0.2, -0.15) is 0 Å². The molecule has 5 heteroatoms. The fraction of sp³-hybridized carbons (Fsp3) is 0.545. The van der Waals surface area contributed by atoms with Gasteiger partial charge in [0.1, 0.15) is 0 Å². The molecule has 1 aromatic rings. The molecule has 0 aromatic carbocycles. The van der Waals surface area contributed by atoms with E-state index in [2.05, 4.69) is 0 Å². The summed E-state index contributed by atoms with van der Waals surface area (Å²) in [6, 6.07) is 1.93. The molecule has 0 spiro atoms. The van der Waals surface area contributed by atoms with Crippen molar-refractivity contribution in [3.8, 4) is 0 Å². The van der Waals surface area contributed by atoms with Crippen LogP contribution in [0.4, 0.5) is 0 Å². The molecule has 2 nitrogen and oxygen atoms in total. The molecule has 0 aliphatic carbocycles. The Hall–Kier alpha value is -0.250. The molecule has 0 saturated heterocycles. The summed E-state index contributed by atoms with van der Waals surface area (Å²) in [6.07, 6.45) is 0. The van der Waals surface area contributed by atoms with Gasteiger partial charge in [-0.1, -0.05) is 0 Å². The molecule has 16 heavy (non-hydrogen) atoms. The summed E-state index contributed by atoms with van der Waals surface area (Å²) < 4.78 is 0. The van der Waals surface area contributed by atoms with Gasteiger partial charge >= 0.3 is 0 Å². The molecule has 0 atom stereocenters. The fourth-order valence-corrected chi connectivity index (χ4v) is 2.76. The summed E-state index contributed by atoms with van der Waals surface area (Å²) in [5.74, 6) is 0.903. The van der Waals surface area contributed by atoms with E-state index in [1.165, 1.54) is 16.2 Å². The second-order valence-electron chi connectivity index (χ2n) is 3.52. The van der Waals surface area contributed by atoms with E-state index in [9.17, 15) is 4.79 Å². The molecule has 0 bridgehead atoms. The number of nitrogens with zero attached hydrogens (tertiary/aromatic N) is 1. The van der Waals surface area contributed by atoms with Crippen LogP contribution in [0, 0.1) is 13.8 Å². The number of aryl methyl sites for hydroxylation is 2. The predicted molar refractivity (Wildman–Crippen MR) is 71.1 cm³/mol. The molecule has 0 aliphatic rings. The Balaban J connectivity index is 2.81. The van der Waals surface area contributed by atoms with Gasteiger partial charge in [0.05, 0.1) is 4.88 Å². The predicted octanol–water partition coefficient (Wildman–Crippen LogP) is 3.28. The number of alkyl halides is 2. The van der Waals surface area contributed by atoms with Crippen LogP contribution < -0.4 is 0 Å². The highest BCUT2D eigenvalue weighted by Gasteiger charge is 2.17. The number of carbonyl (C=O) groups excluding carboxylic acids is 1. The first kappa shape index (κ1) is 13.8. The summed E-state index contributed by atoms with van der Waals surface area (Å²) in [7, 11) is 0. The highest BCUT2D eigenvalue weighted by Crippen LogP contribution is 2.22. The average molecular weight is 280 g/mol. The summed E-state index contributed by atoms with van der Waals surface area (Å²) in [5.41, 5.74) is 1.16. The molecule has 1 heterocycles. The molecule has 0 aliphatic heterocycles. The minimum absolute atomic E-state index is 0.0301. The molecule has 90 valence electrons. The highest BCUT2D eigenvalue weighted by molar-refractivity contribution is 7.14. The van der Waals surface area contributed by atoms with Crippen LogP contribution in [0.2, 0.25) is 0 Å². The average Bonchev–Trinajstić information content (AvgIpc) is 2.58. The Kier molecular flexibility index (Phi) is 5.59. The normalized spacial score (nSPS) is 10.5. The summed E-state index contributed by atoms with van der Waals surface area (Å²) in [4.78, 5) is 15.8. The molecule has 0 radical (unpaired) electrons. The van der Waals surface area contributed by atoms with Gasteiger partial charge < -0.3 is 4.90 Å². The topological polar surface area (TPSA) is 20.3 Å². The first-order valence-electron chi connectivity index (χ1n) is 5.08. The van der Waals surface area contributed by atoms with E-state index in [1.807, 2.05) is 19.9 Å². The van der Waals surface area contributed by atoms with Crippen LogP contribution in [-0.4, -0.2) is 35.7 Å². The van der Waals surface area contributed by atoms with E-state index in [0.717, 1.165) is 10.4 Å². The Bertz CT molecular complexity index is 339. The highest BCUT2D eigenvalue weighted by atomic mass is 35.5. The van der Waals surface area contributed by atoms with Gasteiger partial charge in [-0.25, -0.2) is 0 Å². The van der Waals surface area contributed by atoms with Crippen LogP contribution in [-0.2, 0) is 0 Å². The number of thiophene rings is 1. The molecule has 1 rings (SSSR count). The maximum absolute atomic E-state index is 12.1. The third-order valence-electron chi connectivity index (χ3n) is 2.37. The van der Waals surface area contributed by atoms with Crippen molar-refractivity contribution in [2.75, 3.05) is 24.8 Å². The van der Waals surface area contributed by atoms with Crippen molar-refractivity contribution in [2.45, 2.75) is 13.8 Å². The maximum Gasteiger partial charge on any atom is 0.264 e. The number of carbonyl (C=O) groups is 1. The van der Waals surface area contributed by atoms with Crippen LogP contribution >= 0.6 is 34.5 Å². The van der Waals surface area contributed by atoms with Crippen molar-refractivity contribution in [1.82, 2.24) is 4.90 Å². The van der Waals surface area contributed by atoms with Gasteiger partial charge in [-0.05, 0) is 25.5 Å². The van der Waals surface area contributed by atoms with Gasteiger partial charge in [0.25, 0.3) is 5.91 Å². The minimum Gasteiger partial charge on any atom is -0.336 e. The Labute approximate surface area is 110 Å². The van der Waals surface area contributed by atoms with Crippen LogP contribution in [0.1, 0.15) is 20.1 Å². The van der Waals surface area contributed by atoms with Crippen molar-refractivity contribution in [1.29, 1.82) is 0 Å². The number of hydrogen-bond donors (Lipinski definition) is 0. The third kappa shape index (κ3) is 3.37. The van der Waals surface area contributed by atoms with E-state index in [-0.39, 0.29) is 5.91 Å². The lowest BCUT2D eigenvalue weighted by Crippen LogP contribution is -2.33. The lowest BCUT2D eigenvalue weighted by molar-refractivity contribution is 0.0780. The molecule has 1 amide bonds. The zero-order valence-corrected chi connectivity index (χ0v) is 11.8. The number of amides is 1. The standard InChI is InChI=1S/C11H15Cl2NOS/c1-8-7-10(16-9(8)2)11(15)14(5-3-12)6-4-13/h7H,3-6H2,1-2H3. The van der Waals surface area contributed by atoms with Crippen molar-refractivity contribution in [3.63, 3.8) is 0 Å². The summed E-state index contributed by atoms with van der Waals surface area (Å²) in [5, 5.41) is 0. The second kappa shape index (κ2) is 6.48. The van der Waals surface area contributed by atoms with Crippen LogP contribution in [0.5, 0.6) is 0 Å². The molecule has 1 aromatic heterocycles. The van der Waals surface area contributed by atoms with Gasteiger partial charge in [0.2, 0.25) is 0 Å².